The molecular formula is C43H28NO2P. The molecule has 0 amide bonds. The van der Waals surface area contributed by atoms with Gasteiger partial charge in [0.1, 0.15) is 11.3 Å². The first-order valence-electron chi connectivity index (χ1n) is 15.7. The minimum Gasteiger partial charge on any atom is -0.454 e. The number of fused-ring (bicyclic) bond motifs is 7. The van der Waals surface area contributed by atoms with Crippen molar-refractivity contribution in [2.24, 2.45) is 0 Å². The Morgan fingerprint density at radius 3 is 1.83 bits per heavy atom. The lowest BCUT2D eigenvalue weighted by Crippen LogP contribution is -2.25. The SMILES string of the molecule is O=P(c1ccccc1)(c1ccccc1)c1cccc(-c2ccc(-c3nc4c5ccccc5ccc4c4c3oc3ccccc34)cc2)c1. The average Bonchev–Trinajstić information content (AvgIpc) is 3.55. The summed E-state index contributed by atoms with van der Waals surface area (Å²) in [5, 5.41) is 7.98. The van der Waals surface area contributed by atoms with Crippen molar-refractivity contribution in [1.82, 2.24) is 4.98 Å². The van der Waals surface area contributed by atoms with Crippen LogP contribution in [-0.4, -0.2) is 4.98 Å². The van der Waals surface area contributed by atoms with Gasteiger partial charge in [0.25, 0.3) is 0 Å². The van der Waals surface area contributed by atoms with Gasteiger partial charge < -0.3 is 8.98 Å². The topological polar surface area (TPSA) is 43.1 Å². The number of pyridine rings is 1. The summed E-state index contributed by atoms with van der Waals surface area (Å²) in [5.41, 5.74) is 6.44. The van der Waals surface area contributed by atoms with E-state index < -0.39 is 7.14 Å². The fraction of sp³-hybridized carbons (Fsp3) is 0. The lowest BCUT2D eigenvalue weighted by Gasteiger charge is -2.20. The smallest absolute Gasteiger partial charge is 0.171 e. The Kier molecular flexibility index (Phi) is 6.41. The molecule has 0 saturated carbocycles. The molecule has 2 aromatic heterocycles. The van der Waals surface area contributed by atoms with Crippen LogP contribution in [0.2, 0.25) is 0 Å². The van der Waals surface area contributed by atoms with Crippen molar-refractivity contribution in [3.8, 4) is 22.4 Å². The molecule has 7 aromatic carbocycles. The van der Waals surface area contributed by atoms with Crippen molar-refractivity contribution < 1.29 is 8.98 Å². The Hall–Kier alpha value is -5.76. The molecule has 0 bridgehead atoms. The van der Waals surface area contributed by atoms with E-state index in [2.05, 4.69) is 84.9 Å². The molecule has 3 nitrogen and oxygen atoms in total. The Labute approximate surface area is 272 Å². The molecule has 4 heteroatoms. The predicted octanol–water partition coefficient (Wildman–Crippen LogP) is 10.3. The summed E-state index contributed by atoms with van der Waals surface area (Å²) in [7, 11) is -3.09. The van der Waals surface area contributed by atoms with E-state index in [4.69, 9.17) is 9.40 Å². The number of benzene rings is 7. The first-order valence-corrected chi connectivity index (χ1v) is 17.4. The van der Waals surface area contributed by atoms with Gasteiger partial charge in [0.05, 0.1) is 5.52 Å². The second-order valence-electron chi connectivity index (χ2n) is 11.9. The lowest BCUT2D eigenvalue weighted by atomic mass is 9.98. The van der Waals surface area contributed by atoms with Crippen molar-refractivity contribution in [3.05, 3.63) is 170 Å². The van der Waals surface area contributed by atoms with Crippen LogP contribution in [0.1, 0.15) is 0 Å². The highest BCUT2D eigenvalue weighted by atomic mass is 31.2. The zero-order valence-electron chi connectivity index (χ0n) is 25.4. The van der Waals surface area contributed by atoms with Crippen LogP contribution in [0, 0.1) is 0 Å². The van der Waals surface area contributed by atoms with Gasteiger partial charge in [-0.25, -0.2) is 4.98 Å². The molecule has 9 rings (SSSR count). The quantitative estimate of drug-likeness (QED) is 0.142. The maximum Gasteiger partial charge on any atom is 0.171 e. The number of furan rings is 1. The molecule has 2 heterocycles. The summed E-state index contributed by atoms with van der Waals surface area (Å²) in [4.78, 5) is 5.28. The molecule has 0 N–H and O–H groups in total. The largest absolute Gasteiger partial charge is 0.454 e. The number of para-hydroxylation sites is 1. The normalized spacial score (nSPS) is 11.9. The summed E-state index contributed by atoms with van der Waals surface area (Å²) in [6.07, 6.45) is 0. The van der Waals surface area contributed by atoms with Crippen molar-refractivity contribution in [1.29, 1.82) is 0 Å². The first kappa shape index (κ1) is 27.5. The fourth-order valence-electron chi connectivity index (χ4n) is 6.84. The van der Waals surface area contributed by atoms with Crippen LogP contribution in [0.15, 0.2) is 174 Å². The van der Waals surface area contributed by atoms with Crippen LogP contribution in [0.3, 0.4) is 0 Å². The molecule has 222 valence electrons. The zero-order chi connectivity index (χ0) is 31.4. The van der Waals surface area contributed by atoms with E-state index in [1.807, 2.05) is 84.9 Å². The van der Waals surface area contributed by atoms with Crippen molar-refractivity contribution in [3.63, 3.8) is 0 Å². The van der Waals surface area contributed by atoms with Gasteiger partial charge in [-0.3, -0.25) is 0 Å². The summed E-state index contributed by atoms with van der Waals surface area (Å²) in [5.74, 6) is 0. The summed E-state index contributed by atoms with van der Waals surface area (Å²) in [6.45, 7) is 0. The lowest BCUT2D eigenvalue weighted by molar-refractivity contribution is 0.592. The van der Waals surface area contributed by atoms with Crippen LogP contribution in [0.4, 0.5) is 0 Å². The molecule has 0 radical (unpaired) electrons. The van der Waals surface area contributed by atoms with E-state index in [9.17, 15) is 0 Å². The number of aromatic nitrogens is 1. The molecular weight excluding hydrogens is 593 g/mol. The average molecular weight is 622 g/mol. The first-order chi connectivity index (χ1) is 23.2. The Morgan fingerprint density at radius 1 is 0.468 bits per heavy atom. The van der Waals surface area contributed by atoms with Crippen LogP contribution < -0.4 is 15.9 Å². The third-order valence-electron chi connectivity index (χ3n) is 9.15. The molecule has 0 spiro atoms. The zero-order valence-corrected chi connectivity index (χ0v) is 26.3. The van der Waals surface area contributed by atoms with E-state index in [-0.39, 0.29) is 0 Å². The molecule has 9 aromatic rings. The Balaban J connectivity index is 1.19. The third kappa shape index (κ3) is 4.43. The number of rotatable bonds is 5. The van der Waals surface area contributed by atoms with Crippen LogP contribution in [-0.2, 0) is 4.57 Å². The highest BCUT2D eigenvalue weighted by molar-refractivity contribution is 7.85. The van der Waals surface area contributed by atoms with Crippen LogP contribution in [0.25, 0.3) is 66.0 Å². The molecule has 0 unspecified atom stereocenters. The highest BCUT2D eigenvalue weighted by Gasteiger charge is 2.29. The van der Waals surface area contributed by atoms with E-state index in [0.29, 0.717) is 0 Å². The number of hydrogen-bond donors (Lipinski definition) is 0. The summed E-state index contributed by atoms with van der Waals surface area (Å²) >= 11 is 0. The Bertz CT molecular complexity index is 2600. The van der Waals surface area contributed by atoms with Gasteiger partial charge in [-0.2, -0.15) is 0 Å². The van der Waals surface area contributed by atoms with Gasteiger partial charge in [-0.1, -0.05) is 158 Å². The van der Waals surface area contributed by atoms with Gasteiger partial charge in [-0.05, 0) is 28.6 Å². The van der Waals surface area contributed by atoms with Gasteiger partial charge in [0.15, 0.2) is 12.7 Å². The number of nitrogens with zero attached hydrogens (tertiary/aromatic N) is 1. The minimum atomic E-state index is -3.09. The standard InChI is InChI=1S/C43H28NO2P/c45-47(33-14-3-1-4-15-33,34-16-5-2-6-17-34)35-18-11-13-32(28-35)29-22-24-31(25-23-29)41-43-40(37-20-9-10-21-39(37)46-43)38-27-26-30-12-7-8-19-36(30)42(38)44-41/h1-28H. The molecule has 0 saturated heterocycles. The van der Waals surface area contributed by atoms with Crippen molar-refractivity contribution in [2.45, 2.75) is 0 Å². The monoisotopic (exact) mass is 621 g/mol. The molecule has 0 aliphatic carbocycles. The second-order valence-corrected chi connectivity index (χ2v) is 14.6. The third-order valence-corrected chi connectivity index (χ3v) is 12.2. The Morgan fingerprint density at radius 2 is 1.09 bits per heavy atom. The van der Waals surface area contributed by atoms with E-state index in [1.54, 1.807) is 0 Å². The maximum absolute atomic E-state index is 15.0. The highest BCUT2D eigenvalue weighted by Crippen LogP contribution is 2.44. The summed E-state index contributed by atoms with van der Waals surface area (Å²) < 4.78 is 21.5. The van der Waals surface area contributed by atoms with Gasteiger partial charge in [0.2, 0.25) is 0 Å². The van der Waals surface area contributed by atoms with Crippen LogP contribution >= 0.6 is 7.14 Å². The summed E-state index contributed by atoms with van der Waals surface area (Å²) in [6, 6.07) is 57.2. The molecule has 47 heavy (non-hydrogen) atoms. The molecule has 0 atom stereocenters. The van der Waals surface area contributed by atoms with Crippen molar-refractivity contribution >= 4 is 66.7 Å². The molecule has 0 aliphatic heterocycles. The van der Waals surface area contributed by atoms with Gasteiger partial charge in [-0.15, -0.1) is 0 Å². The van der Waals surface area contributed by atoms with E-state index >= 15 is 4.57 Å². The van der Waals surface area contributed by atoms with Crippen molar-refractivity contribution in [2.75, 3.05) is 0 Å². The number of hydrogen-bond acceptors (Lipinski definition) is 3. The molecule has 0 fully saturated rings. The fourth-order valence-corrected chi connectivity index (χ4v) is 9.54. The second kappa shape index (κ2) is 10.9. The maximum atomic E-state index is 15.0. The van der Waals surface area contributed by atoms with Gasteiger partial charge in [0, 0.05) is 43.0 Å². The van der Waals surface area contributed by atoms with Crippen LogP contribution in [0.5, 0.6) is 0 Å². The van der Waals surface area contributed by atoms with E-state index in [1.165, 1.54) is 0 Å². The van der Waals surface area contributed by atoms with Gasteiger partial charge >= 0.3 is 0 Å². The van der Waals surface area contributed by atoms with E-state index in [0.717, 1.165) is 81.9 Å². The predicted molar refractivity (Wildman–Crippen MR) is 197 cm³/mol. The molecule has 0 aliphatic rings. The minimum absolute atomic E-state index is 0.787.